The number of carboxylic acid groups (broad SMARTS) is 1. The summed E-state index contributed by atoms with van der Waals surface area (Å²) in [5.74, 6) is -0.999. The molecule has 1 unspecified atom stereocenters. The Morgan fingerprint density at radius 2 is 1.95 bits per heavy atom. The number of hydrogen-bond donors (Lipinski definition) is 1. The molecule has 0 spiro atoms. The van der Waals surface area contributed by atoms with E-state index in [2.05, 4.69) is 10.2 Å². The Morgan fingerprint density at radius 1 is 1.35 bits per heavy atom. The molecule has 1 N–H and O–H groups in total. The van der Waals surface area contributed by atoms with Crippen LogP contribution in [0, 0.1) is 0 Å². The van der Waals surface area contributed by atoms with Crippen molar-refractivity contribution in [2.24, 2.45) is 0 Å². The summed E-state index contributed by atoms with van der Waals surface area (Å²) in [4.78, 5) is 10.6. The van der Waals surface area contributed by atoms with Crippen molar-refractivity contribution in [2.75, 3.05) is 5.75 Å². The van der Waals surface area contributed by atoms with Crippen molar-refractivity contribution in [3.8, 4) is 0 Å². The van der Waals surface area contributed by atoms with Crippen molar-refractivity contribution in [3.05, 3.63) is 5.82 Å². The van der Waals surface area contributed by atoms with E-state index in [1.165, 1.54) is 11.5 Å². The van der Waals surface area contributed by atoms with Crippen molar-refractivity contribution in [2.45, 2.75) is 50.5 Å². The Balaban J connectivity index is 3.05. The second-order valence-electron chi connectivity index (χ2n) is 4.72. The number of hydrogen-bond acceptors (Lipinski definition) is 4. The van der Waals surface area contributed by atoms with E-state index in [1.54, 1.807) is 13.8 Å². The summed E-state index contributed by atoms with van der Waals surface area (Å²) in [6, 6.07) is -0.876. The molecule has 0 aliphatic carbocycles. The third-order valence-electron chi connectivity index (χ3n) is 2.50. The third kappa shape index (κ3) is 4.69. The van der Waals surface area contributed by atoms with E-state index in [1.807, 2.05) is 0 Å². The normalized spacial score (nSPS) is 13.8. The predicted molar refractivity (Wildman–Crippen MR) is 67.9 cm³/mol. The van der Waals surface area contributed by atoms with Gasteiger partial charge in [-0.05, 0) is 6.92 Å². The zero-order chi connectivity index (χ0) is 15.5. The molecule has 0 fully saturated rings. The molecule has 1 heterocycles. The number of rotatable bonds is 6. The van der Waals surface area contributed by atoms with E-state index in [4.69, 9.17) is 5.11 Å². The summed E-state index contributed by atoms with van der Waals surface area (Å²) < 4.78 is 38.9. The number of aromatic nitrogens is 3. The lowest BCUT2D eigenvalue weighted by Crippen LogP contribution is -2.19. The molecule has 1 rings (SSSR count). The first kappa shape index (κ1) is 16.8. The molecular formula is C11H16F3N3O2S. The molecule has 1 aromatic rings. The molecule has 0 aromatic carbocycles. The first-order chi connectivity index (χ1) is 9.11. The molecule has 0 amide bonds. The summed E-state index contributed by atoms with van der Waals surface area (Å²) in [5, 5.41) is 16.5. The maximum absolute atomic E-state index is 12.5. The van der Waals surface area contributed by atoms with Crippen molar-refractivity contribution in [3.63, 3.8) is 0 Å². The third-order valence-corrected chi connectivity index (χ3v) is 3.43. The lowest BCUT2D eigenvalue weighted by atomic mass is 10.1. The molecule has 114 valence electrons. The SMILES string of the molecule is CC(C)c1nnc(SCC(=O)O)n1C(C)CC(F)(F)F. The Hall–Kier alpha value is -1.25. The maximum Gasteiger partial charge on any atom is 0.391 e. The fourth-order valence-electron chi connectivity index (χ4n) is 1.75. The highest BCUT2D eigenvalue weighted by molar-refractivity contribution is 7.99. The number of alkyl halides is 3. The minimum Gasteiger partial charge on any atom is -0.481 e. The minimum absolute atomic E-state index is 0.0997. The zero-order valence-corrected chi connectivity index (χ0v) is 12.1. The quantitative estimate of drug-likeness (QED) is 0.818. The van der Waals surface area contributed by atoms with Gasteiger partial charge < -0.3 is 9.67 Å². The van der Waals surface area contributed by atoms with Gasteiger partial charge in [0.25, 0.3) is 0 Å². The maximum atomic E-state index is 12.5. The van der Waals surface area contributed by atoms with E-state index in [9.17, 15) is 18.0 Å². The van der Waals surface area contributed by atoms with Crippen LogP contribution >= 0.6 is 11.8 Å². The lowest BCUT2D eigenvalue weighted by Gasteiger charge is -2.20. The number of carbonyl (C=O) groups is 1. The Morgan fingerprint density at radius 3 is 2.40 bits per heavy atom. The lowest BCUT2D eigenvalue weighted by molar-refractivity contribution is -0.142. The van der Waals surface area contributed by atoms with Crippen molar-refractivity contribution < 1.29 is 23.1 Å². The van der Waals surface area contributed by atoms with Crippen LogP contribution in [0.5, 0.6) is 0 Å². The van der Waals surface area contributed by atoms with Crippen LogP contribution in [0.4, 0.5) is 13.2 Å². The molecule has 0 bridgehead atoms. The zero-order valence-electron chi connectivity index (χ0n) is 11.3. The van der Waals surface area contributed by atoms with Gasteiger partial charge in [0, 0.05) is 12.0 Å². The monoisotopic (exact) mass is 311 g/mol. The van der Waals surface area contributed by atoms with Gasteiger partial charge in [0.2, 0.25) is 0 Å². The molecule has 1 aromatic heterocycles. The van der Waals surface area contributed by atoms with Gasteiger partial charge in [-0.15, -0.1) is 10.2 Å². The Bertz CT molecular complexity index is 474. The number of thioether (sulfide) groups is 1. The largest absolute Gasteiger partial charge is 0.481 e. The highest BCUT2D eigenvalue weighted by Crippen LogP contribution is 2.32. The van der Waals surface area contributed by atoms with Gasteiger partial charge >= 0.3 is 12.1 Å². The summed E-state index contributed by atoms with van der Waals surface area (Å²) in [6.07, 6.45) is -5.31. The van der Waals surface area contributed by atoms with Crippen LogP contribution in [0.3, 0.4) is 0 Å². The predicted octanol–water partition coefficient (Wildman–Crippen LogP) is 3.09. The molecular weight excluding hydrogens is 295 g/mol. The smallest absolute Gasteiger partial charge is 0.391 e. The minimum atomic E-state index is -4.30. The van der Waals surface area contributed by atoms with Crippen LogP contribution in [0.25, 0.3) is 0 Å². The topological polar surface area (TPSA) is 68.0 Å². The highest BCUT2D eigenvalue weighted by atomic mass is 32.2. The fraction of sp³-hybridized carbons (Fsp3) is 0.727. The number of halogens is 3. The molecule has 0 aliphatic heterocycles. The average Bonchev–Trinajstić information content (AvgIpc) is 2.67. The van der Waals surface area contributed by atoms with Crippen LogP contribution in [-0.4, -0.2) is 37.8 Å². The van der Waals surface area contributed by atoms with Crippen molar-refractivity contribution in [1.82, 2.24) is 14.8 Å². The van der Waals surface area contributed by atoms with E-state index in [0.29, 0.717) is 5.82 Å². The van der Waals surface area contributed by atoms with E-state index < -0.39 is 24.6 Å². The van der Waals surface area contributed by atoms with Crippen LogP contribution < -0.4 is 0 Å². The summed E-state index contributed by atoms with van der Waals surface area (Å²) >= 11 is 0.870. The van der Waals surface area contributed by atoms with E-state index in [-0.39, 0.29) is 16.8 Å². The molecule has 20 heavy (non-hydrogen) atoms. The molecule has 0 aliphatic rings. The molecule has 0 radical (unpaired) electrons. The highest BCUT2D eigenvalue weighted by Gasteiger charge is 2.33. The van der Waals surface area contributed by atoms with Gasteiger partial charge in [-0.3, -0.25) is 4.79 Å². The second-order valence-corrected chi connectivity index (χ2v) is 5.66. The number of aliphatic carboxylic acids is 1. The number of carboxylic acids is 1. The molecule has 9 heteroatoms. The second kappa shape index (κ2) is 6.47. The van der Waals surface area contributed by atoms with Crippen molar-refractivity contribution >= 4 is 17.7 Å². The van der Waals surface area contributed by atoms with E-state index in [0.717, 1.165) is 11.8 Å². The number of nitrogens with zero attached hydrogens (tertiary/aromatic N) is 3. The van der Waals surface area contributed by atoms with Crippen LogP contribution in [0.2, 0.25) is 0 Å². The van der Waals surface area contributed by atoms with Crippen LogP contribution in [-0.2, 0) is 4.79 Å². The fourth-order valence-corrected chi connectivity index (χ4v) is 2.51. The average molecular weight is 311 g/mol. The first-order valence-electron chi connectivity index (χ1n) is 5.98. The van der Waals surface area contributed by atoms with Gasteiger partial charge in [0.15, 0.2) is 5.16 Å². The van der Waals surface area contributed by atoms with Gasteiger partial charge in [0.05, 0.1) is 12.2 Å². The van der Waals surface area contributed by atoms with Crippen LogP contribution in [0.1, 0.15) is 45.0 Å². The van der Waals surface area contributed by atoms with Gasteiger partial charge in [0.1, 0.15) is 5.82 Å². The molecule has 0 saturated heterocycles. The summed E-state index contributed by atoms with van der Waals surface area (Å²) in [7, 11) is 0. The van der Waals surface area contributed by atoms with Gasteiger partial charge in [-0.1, -0.05) is 25.6 Å². The van der Waals surface area contributed by atoms with Crippen molar-refractivity contribution in [1.29, 1.82) is 0 Å². The van der Waals surface area contributed by atoms with Gasteiger partial charge in [-0.2, -0.15) is 13.2 Å². The Kier molecular flexibility index (Phi) is 5.43. The van der Waals surface area contributed by atoms with Crippen LogP contribution in [0.15, 0.2) is 5.16 Å². The first-order valence-corrected chi connectivity index (χ1v) is 6.96. The molecule has 5 nitrogen and oxygen atoms in total. The van der Waals surface area contributed by atoms with Gasteiger partial charge in [-0.25, -0.2) is 0 Å². The molecule has 1 atom stereocenters. The standard InChI is InChI=1S/C11H16F3N3O2S/c1-6(2)9-15-16-10(20-5-8(18)19)17(9)7(3)4-11(12,13)14/h6-7H,4-5H2,1-3H3,(H,18,19). The Labute approximate surface area is 118 Å². The summed E-state index contributed by atoms with van der Waals surface area (Å²) in [5.41, 5.74) is 0. The summed E-state index contributed by atoms with van der Waals surface area (Å²) in [6.45, 7) is 5.02. The molecule has 0 saturated carbocycles. The van der Waals surface area contributed by atoms with E-state index >= 15 is 0 Å².